The number of aromatic nitrogens is 3. The first-order valence-corrected chi connectivity index (χ1v) is 12.9. The summed E-state index contributed by atoms with van der Waals surface area (Å²) in [5, 5.41) is 7.00. The van der Waals surface area contributed by atoms with Crippen molar-refractivity contribution in [1.29, 1.82) is 0 Å². The lowest BCUT2D eigenvalue weighted by molar-refractivity contribution is 0.0526. The van der Waals surface area contributed by atoms with Crippen LogP contribution in [0.3, 0.4) is 0 Å². The molecule has 0 unspecified atom stereocenters. The number of pyridine rings is 1. The average molecular weight is 546 g/mol. The van der Waals surface area contributed by atoms with E-state index in [-0.39, 0.29) is 12.0 Å². The Morgan fingerprint density at radius 3 is 2.34 bits per heavy atom. The number of esters is 1. The van der Waals surface area contributed by atoms with E-state index in [1.165, 1.54) is 0 Å². The highest BCUT2D eigenvalue weighted by atomic mass is 35.5. The number of fused-ring (bicyclic) bond motifs is 1. The number of methoxy groups -OCH3 is 1. The maximum atomic E-state index is 12.1. The van der Waals surface area contributed by atoms with Gasteiger partial charge in [0.2, 0.25) is 0 Å². The lowest BCUT2D eigenvalue weighted by atomic mass is 10.1. The molecule has 2 heterocycles. The van der Waals surface area contributed by atoms with Gasteiger partial charge in [0.05, 0.1) is 47.9 Å². The summed E-state index contributed by atoms with van der Waals surface area (Å²) >= 11 is 12.6. The first-order chi connectivity index (χ1) is 18.4. The van der Waals surface area contributed by atoms with Gasteiger partial charge in [0.15, 0.2) is 0 Å². The van der Waals surface area contributed by atoms with E-state index in [0.29, 0.717) is 22.2 Å². The van der Waals surface area contributed by atoms with Gasteiger partial charge in [-0.1, -0.05) is 41.4 Å². The molecule has 0 spiro atoms. The minimum atomic E-state index is -0.344. The number of carbonyl (C=O) groups is 1. The molecule has 6 nitrogen and oxygen atoms in total. The lowest BCUT2D eigenvalue weighted by Crippen LogP contribution is -2.11. The van der Waals surface area contributed by atoms with E-state index in [9.17, 15) is 4.79 Å². The van der Waals surface area contributed by atoms with Crippen LogP contribution in [-0.2, 0) is 4.74 Å². The van der Waals surface area contributed by atoms with E-state index >= 15 is 0 Å². The van der Waals surface area contributed by atoms with Crippen LogP contribution in [0, 0.1) is 0 Å². The van der Waals surface area contributed by atoms with Crippen molar-refractivity contribution in [2.45, 2.75) is 19.9 Å². The van der Waals surface area contributed by atoms with E-state index in [2.05, 4.69) is 6.92 Å². The van der Waals surface area contributed by atoms with Crippen LogP contribution in [0.25, 0.3) is 33.5 Å². The van der Waals surface area contributed by atoms with Gasteiger partial charge >= 0.3 is 5.97 Å². The Morgan fingerprint density at radius 2 is 1.66 bits per heavy atom. The molecule has 5 aromatic rings. The fourth-order valence-corrected chi connectivity index (χ4v) is 4.88. The molecule has 192 valence electrons. The van der Waals surface area contributed by atoms with Crippen LogP contribution in [0.2, 0.25) is 10.0 Å². The molecule has 1 atom stereocenters. The van der Waals surface area contributed by atoms with E-state index in [4.69, 9.17) is 42.8 Å². The Bertz CT molecular complexity index is 1610. The Balaban J connectivity index is 1.61. The van der Waals surface area contributed by atoms with Crippen molar-refractivity contribution in [2.75, 3.05) is 13.7 Å². The van der Waals surface area contributed by atoms with E-state index in [1.54, 1.807) is 32.2 Å². The van der Waals surface area contributed by atoms with Crippen molar-refractivity contribution in [3.8, 4) is 28.4 Å². The van der Waals surface area contributed by atoms with Gasteiger partial charge in [0.25, 0.3) is 0 Å². The van der Waals surface area contributed by atoms with Gasteiger partial charge in [0, 0.05) is 21.0 Å². The van der Waals surface area contributed by atoms with Crippen LogP contribution in [0.1, 0.15) is 35.8 Å². The van der Waals surface area contributed by atoms with E-state index < -0.39 is 0 Å². The smallest absolute Gasteiger partial charge is 0.338 e. The van der Waals surface area contributed by atoms with Crippen molar-refractivity contribution in [1.82, 2.24) is 14.8 Å². The molecule has 0 N–H and O–H groups in total. The summed E-state index contributed by atoms with van der Waals surface area (Å²) in [5.74, 6) is 0.431. The van der Waals surface area contributed by atoms with Gasteiger partial charge in [0.1, 0.15) is 5.75 Å². The Morgan fingerprint density at radius 1 is 0.921 bits per heavy atom. The third-order valence-corrected chi connectivity index (χ3v) is 6.76. The first-order valence-electron chi connectivity index (χ1n) is 12.1. The number of rotatable bonds is 7. The highest BCUT2D eigenvalue weighted by Gasteiger charge is 2.20. The van der Waals surface area contributed by atoms with Crippen molar-refractivity contribution in [2.24, 2.45) is 0 Å². The van der Waals surface area contributed by atoms with Crippen molar-refractivity contribution < 1.29 is 14.3 Å². The first kappa shape index (κ1) is 25.8. The number of halogens is 2. The quantitative estimate of drug-likeness (QED) is 0.194. The monoisotopic (exact) mass is 545 g/mol. The summed E-state index contributed by atoms with van der Waals surface area (Å²) < 4.78 is 12.4. The number of ether oxygens (including phenoxy) is 2. The third kappa shape index (κ3) is 5.23. The Kier molecular flexibility index (Phi) is 7.36. The molecule has 2 aromatic heterocycles. The maximum Gasteiger partial charge on any atom is 0.338 e. The van der Waals surface area contributed by atoms with Crippen LogP contribution in [0.15, 0.2) is 78.9 Å². The molecule has 38 heavy (non-hydrogen) atoms. The second-order valence-corrected chi connectivity index (χ2v) is 9.66. The maximum absolute atomic E-state index is 12.1. The third-order valence-electron chi connectivity index (χ3n) is 6.32. The lowest BCUT2D eigenvalue weighted by Gasteiger charge is -2.17. The zero-order valence-corrected chi connectivity index (χ0v) is 22.6. The number of carbonyl (C=O) groups excluding carboxylic acids is 1. The molecule has 0 aliphatic heterocycles. The van der Waals surface area contributed by atoms with E-state index in [0.717, 1.165) is 44.9 Å². The molecule has 0 fully saturated rings. The fourth-order valence-electron chi connectivity index (χ4n) is 4.35. The summed E-state index contributed by atoms with van der Waals surface area (Å²) in [7, 11) is 1.64. The van der Waals surface area contributed by atoms with Gasteiger partial charge in [-0.3, -0.25) is 4.68 Å². The molecule has 0 radical (unpaired) electrons. The number of hydrogen-bond donors (Lipinski definition) is 0. The molecule has 3 aromatic carbocycles. The minimum Gasteiger partial charge on any atom is -0.497 e. The van der Waals surface area contributed by atoms with E-state index in [1.807, 2.05) is 65.3 Å². The SMILES string of the molecule is CCOC(=O)c1ccc([C@H](C)n2nc(-c3cc(Cl)cc(Cl)c3)cc2-c2ccc3cc(OC)ccc3n2)cc1. The van der Waals surface area contributed by atoms with Crippen molar-refractivity contribution in [3.05, 3.63) is 100 Å². The highest BCUT2D eigenvalue weighted by molar-refractivity contribution is 6.35. The van der Waals surface area contributed by atoms with Crippen LogP contribution in [-0.4, -0.2) is 34.5 Å². The number of nitrogens with zero attached hydrogens (tertiary/aromatic N) is 3. The van der Waals surface area contributed by atoms with Gasteiger partial charge in [-0.2, -0.15) is 5.10 Å². The molecular formula is C30H25Cl2N3O3. The molecule has 8 heteroatoms. The topological polar surface area (TPSA) is 66.2 Å². The standard InChI is InChI=1S/C30H25Cl2N3O3/c1-4-38-30(36)20-7-5-19(6-8-20)18(2)35-29(17-28(34-35)22-13-23(31)16-24(32)14-22)27-11-9-21-15-25(37-3)10-12-26(21)33-27/h5-18H,4H2,1-3H3/t18-/m0/s1. The normalized spacial score (nSPS) is 11.9. The van der Waals surface area contributed by atoms with Gasteiger partial charge < -0.3 is 9.47 Å². The minimum absolute atomic E-state index is 0.169. The molecule has 0 aliphatic carbocycles. The molecule has 0 saturated carbocycles. The van der Waals surface area contributed by atoms with Gasteiger partial charge in [-0.15, -0.1) is 0 Å². The largest absolute Gasteiger partial charge is 0.497 e. The zero-order chi connectivity index (χ0) is 26.8. The molecule has 0 amide bonds. The predicted molar refractivity (Wildman–Crippen MR) is 151 cm³/mol. The Hall–Kier alpha value is -3.87. The molecule has 0 saturated heterocycles. The average Bonchev–Trinajstić information content (AvgIpc) is 3.37. The fraction of sp³-hybridized carbons (Fsp3) is 0.167. The van der Waals surface area contributed by atoms with Crippen LogP contribution >= 0.6 is 23.2 Å². The number of hydrogen-bond acceptors (Lipinski definition) is 5. The molecular weight excluding hydrogens is 521 g/mol. The number of benzene rings is 3. The molecule has 0 aliphatic rings. The summed E-state index contributed by atoms with van der Waals surface area (Å²) in [5.41, 5.74) is 5.44. The second kappa shape index (κ2) is 10.9. The second-order valence-electron chi connectivity index (χ2n) is 8.79. The summed E-state index contributed by atoms with van der Waals surface area (Å²) in [6.45, 7) is 4.17. The van der Waals surface area contributed by atoms with Crippen LogP contribution < -0.4 is 4.74 Å². The molecule has 0 bridgehead atoms. The van der Waals surface area contributed by atoms with Crippen molar-refractivity contribution in [3.63, 3.8) is 0 Å². The van der Waals surface area contributed by atoms with Crippen LogP contribution in [0.4, 0.5) is 0 Å². The molecule has 5 rings (SSSR count). The zero-order valence-electron chi connectivity index (χ0n) is 21.1. The van der Waals surface area contributed by atoms with Gasteiger partial charge in [-0.05, 0) is 80.1 Å². The van der Waals surface area contributed by atoms with Gasteiger partial charge in [-0.25, -0.2) is 9.78 Å². The predicted octanol–water partition coefficient (Wildman–Crippen LogP) is 7.87. The summed E-state index contributed by atoms with van der Waals surface area (Å²) in [6, 6.07) is 24.3. The van der Waals surface area contributed by atoms with Crippen molar-refractivity contribution >= 4 is 40.1 Å². The summed E-state index contributed by atoms with van der Waals surface area (Å²) in [4.78, 5) is 17.0. The highest BCUT2D eigenvalue weighted by Crippen LogP contribution is 2.33. The summed E-state index contributed by atoms with van der Waals surface area (Å²) in [6.07, 6.45) is 0. The Labute approximate surface area is 230 Å². The van der Waals surface area contributed by atoms with Crippen LogP contribution in [0.5, 0.6) is 5.75 Å².